The Morgan fingerprint density at radius 3 is 2.91 bits per heavy atom. The molecule has 1 aromatic heterocycles. The van der Waals surface area contributed by atoms with E-state index >= 15 is 0 Å². The van der Waals surface area contributed by atoms with Gasteiger partial charge in [0.25, 0.3) is 5.69 Å². The average molecular weight is 376 g/mol. The number of hydrogen-bond acceptors (Lipinski definition) is 5. The van der Waals surface area contributed by atoms with Crippen molar-refractivity contribution in [3.8, 4) is 23.7 Å². The van der Waals surface area contributed by atoms with E-state index in [9.17, 15) is 14.9 Å². The SMILES string of the molecule is C#CCOC(=O)/C=C/c1ccc(-c2ccc(Br)cc2[N+](=O)[O-])o1. The molecule has 0 N–H and O–H groups in total. The summed E-state index contributed by atoms with van der Waals surface area (Å²) in [4.78, 5) is 21.9. The van der Waals surface area contributed by atoms with Crippen molar-refractivity contribution in [3.63, 3.8) is 0 Å². The molecule has 2 rings (SSSR count). The fourth-order valence-corrected chi connectivity index (χ4v) is 2.11. The number of carbonyl (C=O) groups excluding carboxylic acids is 1. The van der Waals surface area contributed by atoms with Gasteiger partial charge >= 0.3 is 5.97 Å². The zero-order valence-electron chi connectivity index (χ0n) is 11.7. The number of rotatable bonds is 5. The Morgan fingerprint density at radius 2 is 2.22 bits per heavy atom. The van der Waals surface area contributed by atoms with Crippen LogP contribution in [0, 0.1) is 22.5 Å². The number of carbonyl (C=O) groups is 1. The number of terminal acetylenes is 1. The molecule has 116 valence electrons. The van der Waals surface area contributed by atoms with Crippen molar-refractivity contribution in [2.24, 2.45) is 0 Å². The predicted molar refractivity (Wildman–Crippen MR) is 87.3 cm³/mol. The van der Waals surface area contributed by atoms with Crippen LogP contribution in [-0.2, 0) is 9.53 Å². The molecule has 2 aromatic rings. The van der Waals surface area contributed by atoms with Gasteiger partial charge in [-0.05, 0) is 30.3 Å². The molecule has 1 aromatic carbocycles. The lowest BCUT2D eigenvalue weighted by molar-refractivity contribution is -0.384. The van der Waals surface area contributed by atoms with E-state index in [0.717, 1.165) is 6.08 Å². The van der Waals surface area contributed by atoms with Gasteiger partial charge in [-0.3, -0.25) is 10.1 Å². The number of hydrogen-bond donors (Lipinski definition) is 0. The maximum atomic E-state index is 11.3. The third-order valence-corrected chi connectivity index (χ3v) is 3.22. The summed E-state index contributed by atoms with van der Waals surface area (Å²) >= 11 is 3.19. The zero-order chi connectivity index (χ0) is 16.8. The van der Waals surface area contributed by atoms with Gasteiger partial charge in [0.15, 0.2) is 6.61 Å². The van der Waals surface area contributed by atoms with Crippen molar-refractivity contribution in [2.45, 2.75) is 0 Å². The van der Waals surface area contributed by atoms with Crippen molar-refractivity contribution < 1.29 is 18.9 Å². The molecule has 6 nitrogen and oxygen atoms in total. The summed E-state index contributed by atoms with van der Waals surface area (Å²) in [6, 6.07) is 7.83. The second kappa shape index (κ2) is 7.42. The highest BCUT2D eigenvalue weighted by Crippen LogP contribution is 2.33. The number of halogens is 1. The normalized spacial score (nSPS) is 10.4. The molecule has 0 bridgehead atoms. The second-order valence-corrected chi connectivity index (χ2v) is 5.18. The number of nitrogens with zero attached hydrogens (tertiary/aromatic N) is 1. The topological polar surface area (TPSA) is 82.6 Å². The summed E-state index contributed by atoms with van der Waals surface area (Å²) < 4.78 is 10.8. The number of esters is 1. The minimum absolute atomic E-state index is 0.0855. The zero-order valence-corrected chi connectivity index (χ0v) is 13.3. The second-order valence-electron chi connectivity index (χ2n) is 4.27. The summed E-state index contributed by atoms with van der Waals surface area (Å²) in [5.74, 6) is 2.25. The minimum Gasteiger partial charge on any atom is -0.456 e. The highest BCUT2D eigenvalue weighted by molar-refractivity contribution is 9.10. The lowest BCUT2D eigenvalue weighted by atomic mass is 10.1. The molecule has 23 heavy (non-hydrogen) atoms. The van der Waals surface area contributed by atoms with Crippen LogP contribution in [0.5, 0.6) is 0 Å². The Bertz CT molecular complexity index is 816. The quantitative estimate of drug-likeness (QED) is 0.261. The predicted octanol–water partition coefficient (Wildman–Crippen LogP) is 3.81. The van der Waals surface area contributed by atoms with Gasteiger partial charge in [0.1, 0.15) is 11.5 Å². The molecule has 0 aliphatic carbocycles. The molecule has 7 heteroatoms. The van der Waals surface area contributed by atoms with Crippen molar-refractivity contribution in [1.82, 2.24) is 0 Å². The van der Waals surface area contributed by atoms with Crippen LogP contribution in [0.4, 0.5) is 5.69 Å². The van der Waals surface area contributed by atoms with Gasteiger partial charge in [-0.1, -0.05) is 21.9 Å². The Kier molecular flexibility index (Phi) is 5.33. The van der Waals surface area contributed by atoms with Gasteiger partial charge in [0.05, 0.1) is 10.5 Å². The number of nitro benzene ring substituents is 1. The van der Waals surface area contributed by atoms with Gasteiger partial charge in [-0.25, -0.2) is 4.79 Å². The first kappa shape index (κ1) is 16.5. The third-order valence-electron chi connectivity index (χ3n) is 2.73. The molecule has 0 aliphatic heterocycles. The standard InChI is InChI=1S/C16H10BrNO5/c1-2-9-22-16(19)8-5-12-4-7-15(23-12)13-6-3-11(17)10-14(13)18(20)21/h1,3-8,10H,9H2/b8-5+. The van der Waals surface area contributed by atoms with Crippen LogP contribution < -0.4 is 0 Å². The smallest absolute Gasteiger partial charge is 0.331 e. The van der Waals surface area contributed by atoms with E-state index in [1.165, 1.54) is 12.1 Å². The van der Waals surface area contributed by atoms with Crippen LogP contribution in [0.15, 0.2) is 45.3 Å². The number of nitro groups is 1. The first-order chi connectivity index (χ1) is 11.0. The van der Waals surface area contributed by atoms with Crippen LogP contribution >= 0.6 is 15.9 Å². The molecular formula is C16H10BrNO5. The minimum atomic E-state index is -0.601. The van der Waals surface area contributed by atoms with Crippen molar-refractivity contribution >= 4 is 33.7 Å². The molecule has 0 fully saturated rings. The highest BCUT2D eigenvalue weighted by Gasteiger charge is 2.18. The van der Waals surface area contributed by atoms with E-state index in [2.05, 4.69) is 26.6 Å². The Morgan fingerprint density at radius 1 is 1.43 bits per heavy atom. The van der Waals surface area contributed by atoms with Crippen LogP contribution in [0.3, 0.4) is 0 Å². The molecular weight excluding hydrogens is 366 g/mol. The van der Waals surface area contributed by atoms with E-state index < -0.39 is 10.9 Å². The van der Waals surface area contributed by atoms with Crippen molar-refractivity contribution in [1.29, 1.82) is 0 Å². The summed E-state index contributed by atoms with van der Waals surface area (Å²) in [6.07, 6.45) is 7.53. The lowest BCUT2D eigenvalue weighted by Gasteiger charge is -2.00. The van der Waals surface area contributed by atoms with E-state index in [-0.39, 0.29) is 12.3 Å². The molecule has 0 radical (unpaired) electrons. The third kappa shape index (κ3) is 4.31. The van der Waals surface area contributed by atoms with Crippen LogP contribution in [-0.4, -0.2) is 17.5 Å². The number of ether oxygens (including phenoxy) is 1. The van der Waals surface area contributed by atoms with Crippen molar-refractivity contribution in [2.75, 3.05) is 6.61 Å². The van der Waals surface area contributed by atoms with E-state index in [4.69, 9.17) is 10.8 Å². The molecule has 0 unspecified atom stereocenters. The maximum Gasteiger partial charge on any atom is 0.331 e. The Labute approximate surface area is 140 Å². The number of benzene rings is 1. The first-order valence-corrected chi connectivity index (χ1v) is 7.13. The van der Waals surface area contributed by atoms with E-state index in [0.29, 0.717) is 21.6 Å². The summed E-state index contributed by atoms with van der Waals surface area (Å²) in [5, 5.41) is 11.1. The molecule has 0 atom stereocenters. The van der Waals surface area contributed by atoms with Crippen LogP contribution in [0.1, 0.15) is 5.76 Å². The van der Waals surface area contributed by atoms with Gasteiger partial charge in [-0.2, -0.15) is 0 Å². The fourth-order valence-electron chi connectivity index (χ4n) is 1.76. The largest absolute Gasteiger partial charge is 0.456 e. The van der Waals surface area contributed by atoms with Gasteiger partial charge in [-0.15, -0.1) is 6.42 Å². The molecule has 0 spiro atoms. The van der Waals surface area contributed by atoms with Gasteiger partial charge in [0, 0.05) is 16.6 Å². The molecule has 0 aliphatic rings. The number of furan rings is 1. The average Bonchev–Trinajstić information content (AvgIpc) is 2.99. The van der Waals surface area contributed by atoms with Crippen molar-refractivity contribution in [3.05, 3.63) is 56.8 Å². The lowest BCUT2D eigenvalue weighted by Crippen LogP contribution is -1.99. The molecule has 0 saturated carbocycles. The molecule has 0 saturated heterocycles. The van der Waals surface area contributed by atoms with Gasteiger partial charge < -0.3 is 9.15 Å². The molecule has 0 amide bonds. The maximum absolute atomic E-state index is 11.3. The molecule has 1 heterocycles. The highest BCUT2D eigenvalue weighted by atomic mass is 79.9. The summed E-state index contributed by atoms with van der Waals surface area (Å²) in [6.45, 7) is -0.113. The monoisotopic (exact) mass is 375 g/mol. The fraction of sp³-hybridized carbons (Fsp3) is 0.0625. The Balaban J connectivity index is 2.23. The van der Waals surface area contributed by atoms with Crippen LogP contribution in [0.25, 0.3) is 17.4 Å². The summed E-state index contributed by atoms with van der Waals surface area (Å²) in [5.41, 5.74) is 0.255. The van der Waals surface area contributed by atoms with Crippen LogP contribution in [0.2, 0.25) is 0 Å². The summed E-state index contributed by atoms with van der Waals surface area (Å²) in [7, 11) is 0. The van der Waals surface area contributed by atoms with E-state index in [1.54, 1.807) is 24.3 Å². The first-order valence-electron chi connectivity index (χ1n) is 6.33. The van der Waals surface area contributed by atoms with Gasteiger partial charge in [0.2, 0.25) is 0 Å². The Hall–Kier alpha value is -2.85. The van der Waals surface area contributed by atoms with E-state index in [1.807, 2.05) is 0 Å².